The highest BCUT2D eigenvalue weighted by Gasteiger charge is 2.26. The van der Waals surface area contributed by atoms with Gasteiger partial charge in [0.2, 0.25) is 5.91 Å². The van der Waals surface area contributed by atoms with Gasteiger partial charge in [-0.1, -0.05) is 30.3 Å². The van der Waals surface area contributed by atoms with Crippen molar-refractivity contribution in [2.75, 3.05) is 31.3 Å². The van der Waals surface area contributed by atoms with E-state index in [0.29, 0.717) is 16.4 Å². The van der Waals surface area contributed by atoms with Crippen molar-refractivity contribution in [1.29, 1.82) is 0 Å². The maximum absolute atomic E-state index is 12.8. The molecule has 1 N–H and O–H groups in total. The number of rotatable bonds is 9. The second-order valence-electron chi connectivity index (χ2n) is 8.59. The molecule has 0 aliphatic carbocycles. The van der Waals surface area contributed by atoms with Gasteiger partial charge in [0.25, 0.3) is 0 Å². The molecule has 1 aromatic heterocycles. The number of anilines is 1. The van der Waals surface area contributed by atoms with E-state index in [0.717, 1.165) is 30.4 Å². The summed E-state index contributed by atoms with van der Waals surface area (Å²) >= 11 is 1.32. The van der Waals surface area contributed by atoms with Gasteiger partial charge in [0.1, 0.15) is 5.75 Å². The standard InChI is InChI=1S/C26H31N5O3S/c1-18(30-15-7-4-8-16-30)25-28-29-26(31(25)20-11-13-21(34-3)14-12-20)35-17-24(33)27-23-10-6-5-9-22(23)19(2)32/h5-6,9-14,18H,4,7-8,15-17H2,1-3H3,(H,27,33)/t18-/m0/s1. The first kappa shape index (κ1) is 24.9. The van der Waals surface area contributed by atoms with Crippen molar-refractivity contribution in [1.82, 2.24) is 19.7 Å². The van der Waals surface area contributed by atoms with Crippen molar-refractivity contribution < 1.29 is 14.3 Å². The molecule has 9 heteroatoms. The van der Waals surface area contributed by atoms with Gasteiger partial charge >= 0.3 is 0 Å². The van der Waals surface area contributed by atoms with Crippen LogP contribution in [0.3, 0.4) is 0 Å². The third kappa shape index (κ3) is 5.91. The van der Waals surface area contributed by atoms with E-state index in [1.165, 1.54) is 37.9 Å². The summed E-state index contributed by atoms with van der Waals surface area (Å²) in [7, 11) is 1.64. The SMILES string of the molecule is COc1ccc(-n2c(SCC(=O)Nc3ccccc3C(C)=O)nnc2[C@H](C)N2CCCCC2)cc1. The van der Waals surface area contributed by atoms with Crippen LogP contribution in [0.15, 0.2) is 53.7 Å². The van der Waals surface area contributed by atoms with Crippen LogP contribution in [0.2, 0.25) is 0 Å². The number of likely N-dealkylation sites (tertiary alicyclic amines) is 1. The van der Waals surface area contributed by atoms with Gasteiger partial charge in [-0.15, -0.1) is 10.2 Å². The van der Waals surface area contributed by atoms with Gasteiger partial charge in [-0.2, -0.15) is 0 Å². The van der Waals surface area contributed by atoms with Crippen LogP contribution >= 0.6 is 11.8 Å². The molecule has 8 nitrogen and oxygen atoms in total. The number of ketones is 1. The van der Waals surface area contributed by atoms with Crippen molar-refractivity contribution in [3.8, 4) is 11.4 Å². The van der Waals surface area contributed by atoms with Crippen molar-refractivity contribution in [3.05, 3.63) is 59.9 Å². The highest BCUT2D eigenvalue weighted by atomic mass is 32.2. The zero-order valence-electron chi connectivity index (χ0n) is 20.4. The molecular weight excluding hydrogens is 462 g/mol. The lowest BCUT2D eigenvalue weighted by molar-refractivity contribution is -0.113. The van der Waals surface area contributed by atoms with E-state index in [4.69, 9.17) is 4.74 Å². The second-order valence-corrected chi connectivity index (χ2v) is 9.53. The number of nitrogens with zero attached hydrogens (tertiary/aromatic N) is 4. The van der Waals surface area contributed by atoms with Crippen LogP contribution in [0.5, 0.6) is 5.75 Å². The number of piperidine rings is 1. The quantitative estimate of drug-likeness (QED) is 0.340. The molecular formula is C26H31N5O3S. The third-order valence-corrected chi connectivity index (χ3v) is 7.14. The van der Waals surface area contributed by atoms with Crippen molar-refractivity contribution in [2.24, 2.45) is 0 Å². The van der Waals surface area contributed by atoms with Crippen LogP contribution in [0.1, 0.15) is 55.3 Å². The zero-order chi connectivity index (χ0) is 24.8. The Hall–Kier alpha value is -3.17. The van der Waals surface area contributed by atoms with Crippen LogP contribution in [0, 0.1) is 0 Å². The largest absolute Gasteiger partial charge is 0.497 e. The predicted octanol–water partition coefficient (Wildman–Crippen LogP) is 4.76. The van der Waals surface area contributed by atoms with Crippen LogP contribution in [-0.2, 0) is 4.79 Å². The summed E-state index contributed by atoms with van der Waals surface area (Å²) in [6.45, 7) is 5.73. The molecule has 1 saturated heterocycles. The summed E-state index contributed by atoms with van der Waals surface area (Å²) in [5, 5.41) is 12.5. The number of aromatic nitrogens is 3. The minimum Gasteiger partial charge on any atom is -0.497 e. The number of Topliss-reactive ketones (excluding diaryl/α,β-unsaturated/α-hetero) is 1. The van der Waals surface area contributed by atoms with E-state index < -0.39 is 0 Å². The lowest BCUT2D eigenvalue weighted by atomic mass is 10.1. The Morgan fingerprint density at radius 1 is 1.06 bits per heavy atom. The first-order valence-electron chi connectivity index (χ1n) is 11.8. The van der Waals surface area contributed by atoms with Crippen LogP contribution < -0.4 is 10.1 Å². The lowest BCUT2D eigenvalue weighted by Crippen LogP contribution is -2.33. The number of amides is 1. The average molecular weight is 494 g/mol. The van der Waals surface area contributed by atoms with E-state index in [2.05, 4.69) is 27.3 Å². The van der Waals surface area contributed by atoms with Crippen molar-refractivity contribution in [3.63, 3.8) is 0 Å². The topological polar surface area (TPSA) is 89.3 Å². The van der Waals surface area contributed by atoms with Crippen LogP contribution in [-0.4, -0.2) is 57.3 Å². The van der Waals surface area contributed by atoms with E-state index in [1.807, 2.05) is 28.8 Å². The van der Waals surface area contributed by atoms with Crippen LogP contribution in [0.4, 0.5) is 5.69 Å². The Morgan fingerprint density at radius 3 is 2.46 bits per heavy atom. The smallest absolute Gasteiger partial charge is 0.234 e. The number of hydrogen-bond acceptors (Lipinski definition) is 7. The minimum absolute atomic E-state index is 0.0931. The summed E-state index contributed by atoms with van der Waals surface area (Å²) in [4.78, 5) is 27.1. The summed E-state index contributed by atoms with van der Waals surface area (Å²) < 4.78 is 7.35. The molecule has 0 spiro atoms. The molecule has 1 amide bonds. The van der Waals surface area contributed by atoms with E-state index in [-0.39, 0.29) is 23.5 Å². The average Bonchev–Trinajstić information content (AvgIpc) is 3.31. The molecule has 2 aromatic carbocycles. The number of carbonyl (C=O) groups excluding carboxylic acids is 2. The molecule has 0 bridgehead atoms. The van der Waals surface area contributed by atoms with E-state index in [9.17, 15) is 9.59 Å². The molecule has 0 saturated carbocycles. The molecule has 1 atom stereocenters. The van der Waals surface area contributed by atoms with Gasteiger partial charge in [0, 0.05) is 11.3 Å². The normalized spacial score (nSPS) is 14.9. The Balaban J connectivity index is 1.56. The molecule has 1 aliphatic rings. The highest BCUT2D eigenvalue weighted by Crippen LogP contribution is 2.30. The Kier molecular flexibility index (Phi) is 8.20. The molecule has 1 aliphatic heterocycles. The number of nitrogens with one attached hydrogen (secondary N) is 1. The van der Waals surface area contributed by atoms with Gasteiger partial charge in [0.05, 0.1) is 24.6 Å². The predicted molar refractivity (Wildman–Crippen MR) is 138 cm³/mol. The van der Waals surface area contributed by atoms with Gasteiger partial charge in [-0.3, -0.25) is 19.1 Å². The Morgan fingerprint density at radius 2 is 1.77 bits per heavy atom. The maximum atomic E-state index is 12.8. The summed E-state index contributed by atoms with van der Waals surface area (Å²) in [6.07, 6.45) is 3.63. The number of thioether (sulfide) groups is 1. The zero-order valence-corrected chi connectivity index (χ0v) is 21.2. The maximum Gasteiger partial charge on any atom is 0.234 e. The fraction of sp³-hybridized carbons (Fsp3) is 0.385. The first-order valence-corrected chi connectivity index (χ1v) is 12.8. The van der Waals surface area contributed by atoms with Crippen molar-refractivity contribution in [2.45, 2.75) is 44.3 Å². The molecule has 184 valence electrons. The van der Waals surface area contributed by atoms with E-state index >= 15 is 0 Å². The van der Waals surface area contributed by atoms with E-state index in [1.54, 1.807) is 31.4 Å². The highest BCUT2D eigenvalue weighted by molar-refractivity contribution is 7.99. The summed E-state index contributed by atoms with van der Waals surface area (Å²) in [5.41, 5.74) is 1.92. The number of carbonyl (C=O) groups is 2. The fourth-order valence-electron chi connectivity index (χ4n) is 4.30. The minimum atomic E-state index is -0.210. The van der Waals surface area contributed by atoms with Gasteiger partial charge < -0.3 is 10.1 Å². The molecule has 0 unspecified atom stereocenters. The number of ether oxygens (including phenoxy) is 1. The summed E-state index contributed by atoms with van der Waals surface area (Å²) in [5.74, 6) is 1.45. The number of methoxy groups -OCH3 is 1. The fourth-order valence-corrected chi connectivity index (χ4v) is 5.06. The number of hydrogen-bond donors (Lipinski definition) is 1. The molecule has 4 rings (SSSR count). The number of benzene rings is 2. The molecule has 1 fully saturated rings. The van der Waals surface area contributed by atoms with Crippen LogP contribution in [0.25, 0.3) is 5.69 Å². The van der Waals surface area contributed by atoms with Crippen molar-refractivity contribution >= 4 is 29.1 Å². The first-order chi connectivity index (χ1) is 17.0. The van der Waals surface area contributed by atoms with Gasteiger partial charge in [-0.25, -0.2) is 0 Å². The Labute approximate surface area is 210 Å². The number of para-hydroxylation sites is 1. The molecule has 0 radical (unpaired) electrons. The molecule has 35 heavy (non-hydrogen) atoms. The summed E-state index contributed by atoms with van der Waals surface area (Å²) in [6, 6.07) is 14.9. The molecule has 2 heterocycles. The van der Waals surface area contributed by atoms with Gasteiger partial charge in [0.15, 0.2) is 16.8 Å². The monoisotopic (exact) mass is 493 g/mol. The Bertz CT molecular complexity index is 1170. The lowest BCUT2D eigenvalue weighted by Gasteiger charge is -2.31. The second kappa shape index (κ2) is 11.5. The van der Waals surface area contributed by atoms with Gasteiger partial charge in [-0.05, 0) is 76.2 Å². The molecule has 3 aromatic rings. The third-order valence-electron chi connectivity index (χ3n) is 6.21.